The van der Waals surface area contributed by atoms with Crippen LogP contribution in [0.4, 0.5) is 0 Å². The first-order valence-corrected chi connectivity index (χ1v) is 6.75. The lowest BCUT2D eigenvalue weighted by atomic mass is 9.93. The van der Waals surface area contributed by atoms with Crippen molar-refractivity contribution in [2.75, 3.05) is 6.54 Å². The predicted octanol–water partition coefficient (Wildman–Crippen LogP) is 1.42. The van der Waals surface area contributed by atoms with Gasteiger partial charge in [-0.2, -0.15) is 11.3 Å². The van der Waals surface area contributed by atoms with E-state index in [0.29, 0.717) is 12.8 Å². The number of thiophene rings is 1. The molecule has 17 heavy (non-hydrogen) atoms. The quantitative estimate of drug-likeness (QED) is 0.720. The summed E-state index contributed by atoms with van der Waals surface area (Å²) >= 11 is 1.52. The second-order valence-electron chi connectivity index (χ2n) is 4.15. The molecule has 0 spiro atoms. The van der Waals surface area contributed by atoms with E-state index in [0.717, 1.165) is 5.56 Å². The molecule has 1 atom stereocenters. The smallest absolute Gasteiger partial charge is 0.240 e. The second-order valence-corrected chi connectivity index (χ2v) is 4.93. The molecule has 1 heterocycles. The molecule has 0 saturated heterocycles. The molecule has 0 aromatic carbocycles. The lowest BCUT2D eigenvalue weighted by molar-refractivity contribution is -0.127. The van der Waals surface area contributed by atoms with Crippen molar-refractivity contribution in [3.63, 3.8) is 0 Å². The van der Waals surface area contributed by atoms with E-state index in [1.807, 2.05) is 30.7 Å². The molecule has 4 nitrogen and oxygen atoms in total. The number of aliphatic hydroxyl groups excluding tert-OH is 1. The lowest BCUT2D eigenvalue weighted by Gasteiger charge is -2.25. The number of rotatable bonds is 6. The van der Waals surface area contributed by atoms with E-state index in [1.54, 1.807) is 0 Å². The number of nitrogens with two attached hydrogens (primary N) is 1. The maximum absolute atomic E-state index is 11.9. The van der Waals surface area contributed by atoms with E-state index >= 15 is 0 Å². The zero-order valence-corrected chi connectivity index (χ0v) is 11.1. The topological polar surface area (TPSA) is 75.4 Å². The third kappa shape index (κ3) is 3.52. The van der Waals surface area contributed by atoms with Crippen LogP contribution in [0.1, 0.15) is 38.4 Å². The third-order valence-electron chi connectivity index (χ3n) is 3.10. The number of hydrogen-bond acceptors (Lipinski definition) is 4. The maximum atomic E-state index is 11.9. The van der Waals surface area contributed by atoms with Crippen molar-refractivity contribution in [1.29, 1.82) is 0 Å². The standard InChI is InChI=1S/C12H20N2O2S/c1-3-12(13,4-2)11(16)14-7-10(15)9-5-6-17-8-9/h5-6,8,10,15H,3-4,7,13H2,1-2H3,(H,14,16). The summed E-state index contributed by atoms with van der Waals surface area (Å²) in [6, 6.07) is 1.84. The van der Waals surface area contributed by atoms with Crippen LogP contribution in [0.25, 0.3) is 0 Å². The molecule has 5 heteroatoms. The number of amides is 1. The van der Waals surface area contributed by atoms with Crippen LogP contribution < -0.4 is 11.1 Å². The van der Waals surface area contributed by atoms with Crippen molar-refractivity contribution < 1.29 is 9.90 Å². The lowest BCUT2D eigenvalue weighted by Crippen LogP contribution is -2.53. The summed E-state index contributed by atoms with van der Waals surface area (Å²) in [6.07, 6.45) is 0.511. The zero-order chi connectivity index (χ0) is 12.9. The number of carbonyl (C=O) groups excluding carboxylic acids is 1. The van der Waals surface area contributed by atoms with Gasteiger partial charge in [-0.15, -0.1) is 0 Å². The Balaban J connectivity index is 2.48. The molecule has 0 radical (unpaired) electrons. The Bertz CT molecular complexity index is 347. The van der Waals surface area contributed by atoms with Crippen molar-refractivity contribution in [3.8, 4) is 0 Å². The van der Waals surface area contributed by atoms with Gasteiger partial charge in [0.2, 0.25) is 5.91 Å². The van der Waals surface area contributed by atoms with E-state index in [2.05, 4.69) is 5.32 Å². The fourth-order valence-electron chi connectivity index (χ4n) is 1.52. The van der Waals surface area contributed by atoms with Crippen molar-refractivity contribution >= 4 is 17.2 Å². The third-order valence-corrected chi connectivity index (χ3v) is 3.80. The van der Waals surface area contributed by atoms with E-state index in [4.69, 9.17) is 5.73 Å². The predicted molar refractivity (Wildman–Crippen MR) is 69.8 cm³/mol. The van der Waals surface area contributed by atoms with Gasteiger partial charge in [0.1, 0.15) is 0 Å². The van der Waals surface area contributed by atoms with Crippen molar-refractivity contribution in [1.82, 2.24) is 5.32 Å². The minimum Gasteiger partial charge on any atom is -0.387 e. The van der Waals surface area contributed by atoms with Crippen LogP contribution >= 0.6 is 11.3 Å². The summed E-state index contributed by atoms with van der Waals surface area (Å²) < 4.78 is 0. The Kier molecular flexibility index (Phi) is 5.11. The van der Waals surface area contributed by atoms with Crippen molar-refractivity contribution in [3.05, 3.63) is 22.4 Å². The van der Waals surface area contributed by atoms with Crippen molar-refractivity contribution in [2.24, 2.45) is 5.73 Å². The van der Waals surface area contributed by atoms with E-state index in [9.17, 15) is 9.90 Å². The first-order chi connectivity index (χ1) is 8.03. The van der Waals surface area contributed by atoms with Gasteiger partial charge in [0.15, 0.2) is 0 Å². The van der Waals surface area contributed by atoms with Gasteiger partial charge in [0.25, 0.3) is 0 Å². The van der Waals surface area contributed by atoms with Gasteiger partial charge < -0.3 is 16.2 Å². The van der Waals surface area contributed by atoms with Gasteiger partial charge in [0, 0.05) is 6.54 Å². The summed E-state index contributed by atoms with van der Waals surface area (Å²) in [5.41, 5.74) is 5.95. The average molecular weight is 256 g/mol. The highest BCUT2D eigenvalue weighted by Gasteiger charge is 2.29. The fourth-order valence-corrected chi connectivity index (χ4v) is 2.23. The summed E-state index contributed by atoms with van der Waals surface area (Å²) in [7, 11) is 0. The van der Waals surface area contributed by atoms with Crippen LogP contribution in [0.5, 0.6) is 0 Å². The summed E-state index contributed by atoms with van der Waals surface area (Å²) in [5, 5.41) is 16.3. The van der Waals surface area contributed by atoms with Crippen LogP contribution in [0.15, 0.2) is 16.8 Å². The maximum Gasteiger partial charge on any atom is 0.240 e. The van der Waals surface area contributed by atoms with Crippen LogP contribution in [0.2, 0.25) is 0 Å². The zero-order valence-electron chi connectivity index (χ0n) is 10.3. The highest BCUT2D eigenvalue weighted by Crippen LogP contribution is 2.16. The second kappa shape index (κ2) is 6.14. The molecule has 0 aliphatic rings. The normalized spacial score (nSPS) is 13.4. The van der Waals surface area contributed by atoms with E-state index < -0.39 is 11.6 Å². The van der Waals surface area contributed by atoms with Gasteiger partial charge >= 0.3 is 0 Å². The molecule has 0 bridgehead atoms. The van der Waals surface area contributed by atoms with Crippen LogP contribution in [-0.2, 0) is 4.79 Å². The van der Waals surface area contributed by atoms with Gasteiger partial charge in [-0.25, -0.2) is 0 Å². The molecule has 1 aromatic heterocycles. The minimum absolute atomic E-state index is 0.197. The molecular formula is C12H20N2O2S. The Morgan fingerprint density at radius 2 is 2.24 bits per heavy atom. The first kappa shape index (κ1) is 14.2. The number of carbonyl (C=O) groups is 1. The number of aliphatic hydroxyl groups is 1. The summed E-state index contributed by atoms with van der Waals surface area (Å²) in [6.45, 7) is 3.98. The SMILES string of the molecule is CCC(N)(CC)C(=O)NCC(O)c1ccsc1. The summed E-state index contributed by atoms with van der Waals surface area (Å²) in [5.74, 6) is -0.197. The van der Waals surface area contributed by atoms with Gasteiger partial charge in [-0.1, -0.05) is 13.8 Å². The Labute approximate surface area is 106 Å². The largest absolute Gasteiger partial charge is 0.387 e. The molecule has 0 fully saturated rings. The molecule has 1 aromatic rings. The number of hydrogen-bond donors (Lipinski definition) is 3. The van der Waals surface area contributed by atoms with Gasteiger partial charge in [-0.05, 0) is 35.2 Å². The summed E-state index contributed by atoms with van der Waals surface area (Å²) in [4.78, 5) is 11.9. The molecule has 96 valence electrons. The number of nitrogens with one attached hydrogen (secondary N) is 1. The highest BCUT2D eigenvalue weighted by atomic mass is 32.1. The minimum atomic E-state index is -0.825. The highest BCUT2D eigenvalue weighted by molar-refractivity contribution is 7.07. The first-order valence-electron chi connectivity index (χ1n) is 5.80. The Morgan fingerprint density at radius 3 is 2.71 bits per heavy atom. The molecule has 1 unspecified atom stereocenters. The Hall–Kier alpha value is -0.910. The Morgan fingerprint density at radius 1 is 1.59 bits per heavy atom. The van der Waals surface area contributed by atoms with Crippen LogP contribution in [0, 0.1) is 0 Å². The monoisotopic (exact) mass is 256 g/mol. The molecule has 1 amide bonds. The van der Waals surface area contributed by atoms with Gasteiger partial charge in [0.05, 0.1) is 11.6 Å². The average Bonchev–Trinajstić information content (AvgIpc) is 2.88. The van der Waals surface area contributed by atoms with Gasteiger partial charge in [-0.3, -0.25) is 4.79 Å². The molecule has 0 aliphatic carbocycles. The fraction of sp³-hybridized carbons (Fsp3) is 0.583. The van der Waals surface area contributed by atoms with Crippen LogP contribution in [0.3, 0.4) is 0 Å². The van der Waals surface area contributed by atoms with Crippen LogP contribution in [-0.4, -0.2) is 23.1 Å². The van der Waals surface area contributed by atoms with E-state index in [-0.39, 0.29) is 12.5 Å². The molecule has 4 N–H and O–H groups in total. The molecule has 0 aliphatic heterocycles. The van der Waals surface area contributed by atoms with Crippen molar-refractivity contribution in [2.45, 2.75) is 38.3 Å². The molecule has 0 saturated carbocycles. The van der Waals surface area contributed by atoms with E-state index in [1.165, 1.54) is 11.3 Å². The molecular weight excluding hydrogens is 236 g/mol. The molecule has 1 rings (SSSR count).